The smallest absolute Gasteiger partial charge is 0.106 e. The van der Waals surface area contributed by atoms with Gasteiger partial charge in [-0.3, -0.25) is 0 Å². The van der Waals surface area contributed by atoms with Crippen molar-refractivity contribution in [3.63, 3.8) is 0 Å². The first-order chi connectivity index (χ1) is 8.33. The lowest BCUT2D eigenvalue weighted by Crippen LogP contribution is -2.11. The maximum atomic E-state index is 8.00. The van der Waals surface area contributed by atoms with Crippen LogP contribution < -0.4 is 0 Å². The summed E-state index contributed by atoms with van der Waals surface area (Å²) in [6.45, 7) is 8.56. The number of allylic oxidation sites excluding steroid dienone is 4. The fourth-order valence-electron chi connectivity index (χ4n) is 1.93. The second kappa shape index (κ2) is 11.2. The van der Waals surface area contributed by atoms with E-state index < -0.39 is 0 Å². The summed E-state index contributed by atoms with van der Waals surface area (Å²) in [5, 5.41) is 0. The zero-order valence-corrected chi connectivity index (χ0v) is 10.9. The Morgan fingerprint density at radius 3 is 2.53 bits per heavy atom. The van der Waals surface area contributed by atoms with Gasteiger partial charge < -0.3 is 9.53 Å². The largest absolute Gasteiger partial charge is 0.501 e. The lowest BCUT2D eigenvalue weighted by atomic mass is 9.90. The molecule has 0 atom stereocenters. The van der Waals surface area contributed by atoms with Crippen LogP contribution in [0.3, 0.4) is 0 Å². The molecule has 0 N–H and O–H groups in total. The van der Waals surface area contributed by atoms with E-state index in [0.29, 0.717) is 0 Å². The molecule has 17 heavy (non-hydrogen) atoms. The first-order valence-corrected chi connectivity index (χ1v) is 6.19. The lowest BCUT2D eigenvalue weighted by molar-refractivity contribution is -0.0979. The lowest BCUT2D eigenvalue weighted by Gasteiger charge is -2.20. The van der Waals surface area contributed by atoms with Crippen LogP contribution in [0.4, 0.5) is 0 Å². The highest BCUT2D eigenvalue weighted by Crippen LogP contribution is 2.23. The molecule has 1 saturated carbocycles. The molecule has 1 fully saturated rings. The van der Waals surface area contributed by atoms with Crippen LogP contribution in [-0.4, -0.2) is 13.4 Å². The highest BCUT2D eigenvalue weighted by Gasteiger charge is 2.12. The number of hydrogen-bond donors (Lipinski definition) is 0. The molecule has 0 radical (unpaired) electrons. The van der Waals surface area contributed by atoms with Crippen molar-refractivity contribution in [3.8, 4) is 0 Å². The average Bonchev–Trinajstić information content (AvgIpc) is 2.40. The molecular weight excluding hydrogens is 212 g/mol. The molecule has 2 nitrogen and oxygen atoms in total. The summed E-state index contributed by atoms with van der Waals surface area (Å²) in [7, 11) is 0. The van der Waals surface area contributed by atoms with Crippen LogP contribution in [0.15, 0.2) is 36.6 Å². The fraction of sp³-hybridized carbons (Fsp3) is 0.533. The normalized spacial score (nSPS) is 17.4. The first kappa shape index (κ1) is 15.7. The van der Waals surface area contributed by atoms with E-state index in [1.807, 2.05) is 32.1 Å². The van der Waals surface area contributed by atoms with E-state index in [-0.39, 0.29) is 0 Å². The van der Waals surface area contributed by atoms with Gasteiger partial charge in [0.25, 0.3) is 0 Å². The first-order valence-electron chi connectivity index (χ1n) is 6.19. The molecule has 0 saturated heterocycles. The zero-order valence-electron chi connectivity index (χ0n) is 10.9. The molecule has 1 aliphatic carbocycles. The summed E-state index contributed by atoms with van der Waals surface area (Å²) in [5.41, 5.74) is 1.14. The molecule has 0 heterocycles. The van der Waals surface area contributed by atoms with Crippen LogP contribution in [-0.2, 0) is 9.53 Å². The molecule has 1 aliphatic rings. The minimum absolute atomic E-state index is 0.784. The van der Waals surface area contributed by atoms with Crippen LogP contribution in [0.2, 0.25) is 0 Å². The van der Waals surface area contributed by atoms with Gasteiger partial charge in [0.2, 0.25) is 0 Å². The van der Waals surface area contributed by atoms with Crippen molar-refractivity contribution in [1.82, 2.24) is 0 Å². The van der Waals surface area contributed by atoms with Crippen LogP contribution in [0.5, 0.6) is 0 Å². The molecular formula is C15H24O2. The Balaban J connectivity index is 0.00000121. The molecule has 1 rings (SSSR count). The summed E-state index contributed by atoms with van der Waals surface area (Å²) in [4.78, 5) is 8.00. The number of hydrogen-bond acceptors (Lipinski definition) is 2. The van der Waals surface area contributed by atoms with Crippen molar-refractivity contribution in [3.05, 3.63) is 36.6 Å². The maximum absolute atomic E-state index is 8.00. The van der Waals surface area contributed by atoms with Crippen LogP contribution in [0.25, 0.3) is 0 Å². The predicted octanol–water partition coefficient (Wildman–Crippen LogP) is 4.04. The van der Waals surface area contributed by atoms with Gasteiger partial charge in [0.15, 0.2) is 0 Å². The molecule has 96 valence electrons. The van der Waals surface area contributed by atoms with Gasteiger partial charge in [-0.25, -0.2) is 0 Å². The molecule has 0 aromatic rings. The number of carbonyl (C=O) groups excluding carboxylic acids is 1. The van der Waals surface area contributed by atoms with Crippen molar-refractivity contribution < 1.29 is 9.53 Å². The third-order valence-corrected chi connectivity index (χ3v) is 2.82. The molecule has 0 aliphatic heterocycles. The Morgan fingerprint density at radius 1 is 1.29 bits per heavy atom. The Kier molecular flexibility index (Phi) is 10.3. The average molecular weight is 236 g/mol. The summed E-state index contributed by atoms with van der Waals surface area (Å²) >= 11 is 0. The van der Waals surface area contributed by atoms with Crippen molar-refractivity contribution in [2.24, 2.45) is 5.92 Å². The van der Waals surface area contributed by atoms with E-state index in [1.54, 1.807) is 6.08 Å². The van der Waals surface area contributed by atoms with Crippen molar-refractivity contribution in [2.75, 3.05) is 6.61 Å². The van der Waals surface area contributed by atoms with E-state index in [9.17, 15) is 0 Å². The van der Waals surface area contributed by atoms with E-state index in [0.717, 1.165) is 18.1 Å². The molecule has 0 aromatic heterocycles. The van der Waals surface area contributed by atoms with Crippen molar-refractivity contribution in [1.29, 1.82) is 0 Å². The van der Waals surface area contributed by atoms with E-state index in [2.05, 4.69) is 6.58 Å². The Bertz CT molecular complexity index is 248. The van der Waals surface area contributed by atoms with E-state index in [4.69, 9.17) is 9.53 Å². The minimum Gasteiger partial charge on any atom is -0.501 e. The van der Waals surface area contributed by atoms with Gasteiger partial charge >= 0.3 is 0 Å². The zero-order chi connectivity index (χ0) is 12.9. The molecule has 0 spiro atoms. The number of ether oxygens (including phenoxy) is 1. The number of carbonyl (C=O) groups is 1. The highest BCUT2D eigenvalue weighted by atomic mass is 16.5. The van der Waals surface area contributed by atoms with Gasteiger partial charge in [-0.2, -0.15) is 0 Å². The van der Waals surface area contributed by atoms with Gasteiger partial charge in [0.1, 0.15) is 6.79 Å². The SMILES string of the molecule is C=C/C=C\C(C)=C/OCC1CCCCC1.C=O. The van der Waals surface area contributed by atoms with E-state index >= 15 is 0 Å². The molecule has 0 bridgehead atoms. The Morgan fingerprint density at radius 2 is 1.94 bits per heavy atom. The Hall–Kier alpha value is -1.31. The monoisotopic (exact) mass is 236 g/mol. The number of rotatable bonds is 5. The molecule has 0 unspecified atom stereocenters. The van der Waals surface area contributed by atoms with Gasteiger partial charge in [-0.1, -0.05) is 44.1 Å². The predicted molar refractivity (Wildman–Crippen MR) is 72.7 cm³/mol. The summed E-state index contributed by atoms with van der Waals surface area (Å²) < 4.78 is 5.58. The van der Waals surface area contributed by atoms with Gasteiger partial charge in [-0.15, -0.1) is 0 Å². The maximum Gasteiger partial charge on any atom is 0.106 e. The second-order valence-electron chi connectivity index (χ2n) is 4.29. The van der Waals surface area contributed by atoms with Gasteiger partial charge in [0.05, 0.1) is 12.9 Å². The van der Waals surface area contributed by atoms with Gasteiger partial charge in [-0.05, 0) is 31.3 Å². The van der Waals surface area contributed by atoms with Crippen molar-refractivity contribution in [2.45, 2.75) is 39.0 Å². The fourth-order valence-corrected chi connectivity index (χ4v) is 1.93. The van der Waals surface area contributed by atoms with Crippen LogP contribution >= 0.6 is 0 Å². The third-order valence-electron chi connectivity index (χ3n) is 2.82. The highest BCUT2D eigenvalue weighted by molar-refractivity contribution is 5.17. The minimum atomic E-state index is 0.784. The topological polar surface area (TPSA) is 26.3 Å². The molecule has 0 amide bonds. The quantitative estimate of drug-likeness (QED) is 0.532. The standard InChI is InChI=1S/C14H22O.CH2O/c1-3-4-8-13(2)11-15-12-14-9-6-5-7-10-14;1-2/h3-4,8,11,14H,1,5-7,9-10,12H2,2H3;1H2/b8-4-,13-11-;. The Labute approximate surface area is 105 Å². The van der Waals surface area contributed by atoms with Crippen LogP contribution in [0, 0.1) is 5.92 Å². The summed E-state index contributed by atoms with van der Waals surface area (Å²) in [6, 6.07) is 0. The summed E-state index contributed by atoms with van der Waals surface area (Å²) in [5.74, 6) is 0.784. The van der Waals surface area contributed by atoms with E-state index in [1.165, 1.54) is 32.1 Å². The molecule has 0 aromatic carbocycles. The second-order valence-corrected chi connectivity index (χ2v) is 4.29. The van der Waals surface area contributed by atoms with Crippen LogP contribution in [0.1, 0.15) is 39.0 Å². The van der Waals surface area contributed by atoms with Gasteiger partial charge in [0, 0.05) is 0 Å². The third kappa shape index (κ3) is 8.49. The summed E-state index contributed by atoms with van der Waals surface area (Å²) in [6.07, 6.45) is 14.4. The molecule has 2 heteroatoms. The van der Waals surface area contributed by atoms with Crippen molar-refractivity contribution >= 4 is 6.79 Å².